The summed E-state index contributed by atoms with van der Waals surface area (Å²) in [5.74, 6) is 0.771. The number of hydrogen-bond acceptors (Lipinski definition) is 3. The van der Waals surface area contributed by atoms with Gasteiger partial charge in [-0.05, 0) is 0 Å². The maximum atomic E-state index is 8.00. The molecule has 0 atom stereocenters. The predicted molar refractivity (Wildman–Crippen MR) is 77.4 cm³/mol. The Morgan fingerprint density at radius 3 is 2.89 bits per heavy atom. The molecule has 0 amide bonds. The van der Waals surface area contributed by atoms with Gasteiger partial charge in [-0.3, -0.25) is 0 Å². The molecule has 18 heavy (non-hydrogen) atoms. The van der Waals surface area contributed by atoms with Crippen LogP contribution >= 0.6 is 11.8 Å². The summed E-state index contributed by atoms with van der Waals surface area (Å²) >= 11 is 6.04. The summed E-state index contributed by atoms with van der Waals surface area (Å²) in [7, 11) is 0. The molecule has 1 aliphatic heterocycles. The molecule has 2 rings (SSSR count). The molecule has 0 spiro atoms. The molecule has 1 aromatic carbocycles. The summed E-state index contributed by atoms with van der Waals surface area (Å²) in [4.78, 5) is 1.90. The molecule has 1 aromatic rings. The number of nitrogens with one attached hydrogen (secondary N) is 2. The molecule has 1 aliphatic rings. The molecule has 3 nitrogen and oxygen atoms in total. The van der Waals surface area contributed by atoms with E-state index in [0.717, 1.165) is 33.8 Å². The topological polar surface area (TPSA) is 39.1 Å². The van der Waals surface area contributed by atoms with Gasteiger partial charge in [-0.15, -0.1) is 0 Å². The van der Waals surface area contributed by atoms with Gasteiger partial charge in [-0.25, -0.2) is 0 Å². The van der Waals surface area contributed by atoms with Gasteiger partial charge >= 0.3 is 120 Å². The molecule has 1 fully saturated rings. The molecule has 1 saturated heterocycles. The van der Waals surface area contributed by atoms with E-state index in [1.54, 1.807) is 0 Å². The number of benzene rings is 1. The van der Waals surface area contributed by atoms with Crippen LogP contribution in [0.5, 0.6) is 0 Å². The van der Waals surface area contributed by atoms with Crippen LogP contribution in [0.25, 0.3) is 0 Å². The molecule has 1 heterocycles. The van der Waals surface area contributed by atoms with Gasteiger partial charge < -0.3 is 0 Å². The predicted octanol–water partition coefficient (Wildman–Crippen LogP) is 2.86. The Hall–Kier alpha value is -0.914. The van der Waals surface area contributed by atoms with Crippen molar-refractivity contribution in [3.8, 4) is 0 Å². The zero-order valence-corrected chi connectivity index (χ0v) is 12.3. The van der Waals surface area contributed by atoms with Crippen molar-refractivity contribution in [1.82, 2.24) is 0 Å². The van der Waals surface area contributed by atoms with Gasteiger partial charge in [-0.1, -0.05) is 0 Å². The quantitative estimate of drug-likeness (QED) is 0.840. The van der Waals surface area contributed by atoms with Gasteiger partial charge in [0.15, 0.2) is 0 Å². The second-order valence-corrected chi connectivity index (χ2v) is 5.44. The van der Waals surface area contributed by atoms with Crippen molar-refractivity contribution in [2.24, 2.45) is 0 Å². The molecule has 0 radical (unpaired) electrons. The van der Waals surface area contributed by atoms with Crippen LogP contribution in [0.15, 0.2) is 18.2 Å². The molecule has 5 heteroatoms. The minimum absolute atomic E-state index is 0.537. The first kappa shape index (κ1) is 13.5. The Morgan fingerprint density at radius 2 is 2.33 bits per heavy atom. The SMILES string of the molecule is C[CH-]c1ccc(NCC)cc1N1C(=N)SC[C]1=[Co]. The van der Waals surface area contributed by atoms with E-state index in [-0.39, 0.29) is 0 Å². The fraction of sp³-hybridized carbons (Fsp3) is 0.308. The van der Waals surface area contributed by atoms with E-state index in [1.165, 1.54) is 11.8 Å². The first-order chi connectivity index (χ1) is 8.67. The van der Waals surface area contributed by atoms with Crippen molar-refractivity contribution in [3.05, 3.63) is 30.2 Å². The van der Waals surface area contributed by atoms with Crippen LogP contribution in [0.2, 0.25) is 0 Å². The second-order valence-electron chi connectivity index (χ2n) is 3.87. The zero-order chi connectivity index (χ0) is 13.1. The van der Waals surface area contributed by atoms with Crippen molar-refractivity contribution in [2.45, 2.75) is 13.8 Å². The van der Waals surface area contributed by atoms with E-state index in [1.807, 2.05) is 11.8 Å². The van der Waals surface area contributed by atoms with Crippen LogP contribution in [0, 0.1) is 11.8 Å². The Labute approximate surface area is 120 Å². The molecule has 0 aromatic heterocycles. The van der Waals surface area contributed by atoms with Crippen LogP contribution in [0.1, 0.15) is 19.4 Å². The van der Waals surface area contributed by atoms with Gasteiger partial charge in [0.25, 0.3) is 0 Å². The number of hydrogen-bond donors (Lipinski definition) is 2. The Kier molecular flexibility index (Phi) is 4.37. The van der Waals surface area contributed by atoms with E-state index < -0.39 is 0 Å². The molecule has 0 aliphatic carbocycles. The maximum absolute atomic E-state index is 8.00. The van der Waals surface area contributed by atoms with Crippen LogP contribution in [-0.4, -0.2) is 22.0 Å². The van der Waals surface area contributed by atoms with E-state index >= 15 is 0 Å². The van der Waals surface area contributed by atoms with Crippen molar-refractivity contribution >= 4 is 32.9 Å². The fourth-order valence-corrected chi connectivity index (χ4v) is 3.14. The number of thioether (sulfide) groups is 1. The van der Waals surface area contributed by atoms with E-state index in [0.29, 0.717) is 5.17 Å². The minimum atomic E-state index is 0.537. The van der Waals surface area contributed by atoms with Gasteiger partial charge in [0.05, 0.1) is 0 Å². The van der Waals surface area contributed by atoms with Crippen molar-refractivity contribution in [3.63, 3.8) is 0 Å². The number of rotatable bonds is 4. The molecule has 99 valence electrons. The van der Waals surface area contributed by atoms with E-state index in [2.05, 4.69) is 52.2 Å². The molecule has 0 saturated carbocycles. The van der Waals surface area contributed by atoms with E-state index in [9.17, 15) is 0 Å². The van der Waals surface area contributed by atoms with Gasteiger partial charge in [-0.2, -0.15) is 0 Å². The van der Waals surface area contributed by atoms with Gasteiger partial charge in [0.1, 0.15) is 0 Å². The molecule has 0 bridgehead atoms. The third-order valence-electron chi connectivity index (χ3n) is 2.72. The van der Waals surface area contributed by atoms with Crippen LogP contribution in [0.4, 0.5) is 11.4 Å². The first-order valence-electron chi connectivity index (χ1n) is 5.85. The standard InChI is InChI=1S/C13H16N3S.Co/c1-3-10-5-6-11(15-4-2)9-12(10)16-7-8-17-13(16)14;/h3,5-6,9,14-15H,4,8H2,1-2H3;/q-1;. The summed E-state index contributed by atoms with van der Waals surface area (Å²) in [6.07, 6.45) is 2.06. The Balaban J connectivity index is 2.43. The van der Waals surface area contributed by atoms with Crippen molar-refractivity contribution in [2.75, 3.05) is 22.5 Å². The van der Waals surface area contributed by atoms with Crippen molar-refractivity contribution in [1.29, 1.82) is 5.41 Å². The molecule has 0 unspecified atom stereocenters. The molecule has 2 N–H and O–H groups in total. The summed E-state index contributed by atoms with van der Waals surface area (Å²) in [6.45, 7) is 4.97. The second kappa shape index (κ2) is 5.82. The summed E-state index contributed by atoms with van der Waals surface area (Å²) in [5, 5.41) is 11.8. The zero-order valence-electron chi connectivity index (χ0n) is 10.4. The Morgan fingerprint density at radius 1 is 1.56 bits per heavy atom. The van der Waals surface area contributed by atoms with Crippen LogP contribution < -0.4 is 10.2 Å². The molecular formula is C13H16CoN3S-. The van der Waals surface area contributed by atoms with Crippen LogP contribution in [0.3, 0.4) is 0 Å². The monoisotopic (exact) mass is 305 g/mol. The summed E-state index contributed by atoms with van der Waals surface area (Å²) < 4.78 is 0.911. The van der Waals surface area contributed by atoms with Gasteiger partial charge in [0.2, 0.25) is 0 Å². The Bertz CT molecular complexity index is 471. The third-order valence-corrected chi connectivity index (χ3v) is 4.23. The summed E-state index contributed by atoms with van der Waals surface area (Å²) in [6, 6.07) is 6.21. The first-order valence-corrected chi connectivity index (χ1v) is 7.35. The number of nitrogens with zero attached hydrogens (tertiary/aromatic N) is 1. The van der Waals surface area contributed by atoms with Gasteiger partial charge in [0, 0.05) is 0 Å². The normalized spacial score (nSPS) is 15.2. The number of anilines is 2. The average molecular weight is 305 g/mol. The van der Waals surface area contributed by atoms with E-state index in [4.69, 9.17) is 5.41 Å². The average Bonchev–Trinajstić information content (AvgIpc) is 2.69. The van der Waals surface area contributed by atoms with Crippen LogP contribution in [-0.2, 0) is 15.3 Å². The fourth-order valence-electron chi connectivity index (χ4n) is 1.89. The summed E-state index contributed by atoms with van der Waals surface area (Å²) in [5.41, 5.74) is 3.21. The number of amidine groups is 1. The third kappa shape index (κ3) is 2.58. The van der Waals surface area contributed by atoms with Crippen molar-refractivity contribution < 1.29 is 15.3 Å². The molecular weight excluding hydrogens is 289 g/mol.